The van der Waals surface area contributed by atoms with Gasteiger partial charge in [-0.2, -0.15) is 63.6 Å². The summed E-state index contributed by atoms with van der Waals surface area (Å²) in [5, 5.41) is 68.0. The maximum atomic E-state index is 14.7. The van der Waals surface area contributed by atoms with Crippen LogP contribution < -0.4 is 52.5 Å². The van der Waals surface area contributed by atoms with Crippen LogP contribution in [0.1, 0.15) is 77.5 Å². The van der Waals surface area contributed by atoms with E-state index in [0.717, 1.165) is 59.1 Å². The van der Waals surface area contributed by atoms with Crippen LogP contribution in [0.25, 0.3) is 44.1 Å². The van der Waals surface area contributed by atoms with Crippen molar-refractivity contribution in [2.75, 3.05) is 45.0 Å². The molecule has 2 aliphatic carbocycles. The second kappa shape index (κ2) is 40.4. The van der Waals surface area contributed by atoms with Crippen molar-refractivity contribution in [1.29, 1.82) is 0 Å². The highest BCUT2D eigenvalue weighted by Crippen LogP contribution is 2.50. The predicted octanol–water partition coefficient (Wildman–Crippen LogP) is 14.5. The number of ketones is 4. The minimum atomic E-state index is -5.17. The molecule has 54 heteroatoms. The monoisotopic (exact) mass is 2010 g/mol. The fourth-order valence-electron chi connectivity index (χ4n) is 14.4. The zero-order valence-corrected chi connectivity index (χ0v) is 75.6. The van der Waals surface area contributed by atoms with Gasteiger partial charge in [0.15, 0.2) is 23.1 Å². The van der Waals surface area contributed by atoms with Crippen LogP contribution in [-0.4, -0.2) is 148 Å². The Balaban J connectivity index is 0.000000207. The molecule has 46 nitrogen and oxygen atoms in total. The van der Waals surface area contributed by atoms with E-state index in [1.807, 2.05) is 0 Å². The molecular weight excluding hydrogens is 1950 g/mol. The van der Waals surface area contributed by atoms with Gasteiger partial charge in [0.2, 0.25) is 23.8 Å². The van der Waals surface area contributed by atoms with Gasteiger partial charge in [-0.15, -0.1) is 17.3 Å². The molecular formula is C82H62N14O32S8. The van der Waals surface area contributed by atoms with Crippen molar-refractivity contribution in [2.24, 2.45) is 14.1 Å². The summed E-state index contributed by atoms with van der Waals surface area (Å²) in [7, 11) is -16.8. The minimum absolute atomic E-state index is 0.00196. The molecule has 0 aliphatic heterocycles. The number of aryl methyl sites for hydroxylation is 2. The molecule has 0 bridgehead atoms. The minimum Gasteiger partial charge on any atom is -0.424 e. The summed E-state index contributed by atoms with van der Waals surface area (Å²) in [5.74, 6) is -3.09. The van der Waals surface area contributed by atoms with Crippen LogP contribution in [0.5, 0.6) is 23.5 Å². The number of nitrogens with zero attached hydrogens (tertiary/aromatic N) is 8. The summed E-state index contributed by atoms with van der Waals surface area (Å²) in [6.45, 7) is 4.15. The Morgan fingerprint density at radius 1 is 0.368 bits per heavy atom. The van der Waals surface area contributed by atoms with E-state index in [4.69, 9.17) is 34.8 Å². The number of benzene rings is 10. The fraction of sp³-hybridized carbons (Fsp3) is 0.0732. The van der Waals surface area contributed by atoms with E-state index in [-0.39, 0.29) is 175 Å². The molecule has 14 aromatic rings. The van der Waals surface area contributed by atoms with Crippen LogP contribution in [0.2, 0.25) is 0 Å². The number of ether oxygens (including phenoxy) is 2. The summed E-state index contributed by atoms with van der Waals surface area (Å²) >= 11 is 1.92. The third-order valence-electron chi connectivity index (χ3n) is 20.1. The van der Waals surface area contributed by atoms with Crippen molar-refractivity contribution >= 4 is 192 Å². The first-order valence-corrected chi connectivity index (χ1v) is 47.2. The molecule has 10 aromatic carbocycles. The number of carbonyl (C=O) groups is 4. The SMILES string of the molecule is CCNc1nc(Nc2cc(Nc3ccc4c5c3C(=O)c3ccccc3-c5c(C(=O)c3cccc(S(=O)(=O)O)c3)c(=O)n4C)c(S(=O)(=O)O)cc2SOOO)nc(Oc2ccc(S(=O)(=O)O)cc2)n1.CCNc1nc(Nc2cc(Nc3ccc4c5c3C(=O)c3ccccc3-c5c(C(=O)c3cccc(SOOO)c3)c(=O)n4C)c(SOOO)cc2S(=O)(=O)O)nc(Oc2ccc(SOOO)cc2)n1. The molecule has 0 spiro atoms. The van der Waals surface area contributed by atoms with E-state index in [1.165, 1.54) is 110 Å². The van der Waals surface area contributed by atoms with Gasteiger partial charge in [-0.25, -0.2) is 21.0 Å². The van der Waals surface area contributed by atoms with Crippen molar-refractivity contribution in [3.05, 3.63) is 259 Å². The van der Waals surface area contributed by atoms with Crippen molar-refractivity contribution in [3.63, 3.8) is 0 Å². The molecule has 136 heavy (non-hydrogen) atoms. The lowest BCUT2D eigenvalue weighted by Crippen LogP contribution is -2.29. The zero-order chi connectivity index (χ0) is 97.0. The predicted molar refractivity (Wildman–Crippen MR) is 485 cm³/mol. The first-order chi connectivity index (χ1) is 65.0. The molecule has 14 N–H and O–H groups in total. The molecule has 0 unspecified atom stereocenters. The van der Waals surface area contributed by atoms with Crippen LogP contribution in [0.4, 0.5) is 57.9 Å². The molecule has 0 radical (unpaired) electrons. The molecule has 0 saturated carbocycles. The Morgan fingerprint density at radius 3 is 1.20 bits per heavy atom. The van der Waals surface area contributed by atoms with Crippen LogP contribution in [0.3, 0.4) is 0 Å². The largest absolute Gasteiger partial charge is 0.424 e. The van der Waals surface area contributed by atoms with Gasteiger partial charge in [0.25, 0.3) is 51.6 Å². The summed E-state index contributed by atoms with van der Waals surface area (Å²) in [6, 6.07) is 43.2. The molecule has 0 amide bonds. The first kappa shape index (κ1) is 96.8. The third kappa shape index (κ3) is 20.6. The lowest BCUT2D eigenvalue weighted by molar-refractivity contribution is -0.432. The van der Waals surface area contributed by atoms with Crippen molar-refractivity contribution in [1.82, 2.24) is 39.0 Å². The van der Waals surface area contributed by atoms with Crippen LogP contribution in [0.15, 0.2) is 243 Å². The number of aromatic nitrogens is 8. The maximum absolute atomic E-state index is 14.7. The van der Waals surface area contributed by atoms with Crippen LogP contribution >= 0.6 is 48.2 Å². The Labute approximate surface area is 781 Å². The number of hydrogen-bond donors (Lipinski definition) is 14. The molecule has 16 rings (SSSR count). The van der Waals surface area contributed by atoms with Gasteiger partial charge in [0, 0.05) is 81.1 Å². The average molecular weight is 2010 g/mol. The number of anilines is 10. The third-order valence-corrected chi connectivity index (χ3v) is 26.0. The topological polar surface area (TPSA) is 653 Å². The summed E-state index contributed by atoms with van der Waals surface area (Å²) in [5.41, 5.74) is -2.17. The smallest absolute Gasteiger partial charge is 0.328 e. The Morgan fingerprint density at radius 2 is 0.757 bits per heavy atom. The number of carbonyl (C=O) groups excluding carboxylic acids is 4. The summed E-state index contributed by atoms with van der Waals surface area (Å²) in [4.78, 5) is 110. The first-order valence-electron chi connectivity index (χ1n) is 38.5. The van der Waals surface area contributed by atoms with E-state index >= 15 is 0 Å². The number of hydrogen-bond acceptors (Lipinski definition) is 44. The van der Waals surface area contributed by atoms with Gasteiger partial charge >= 0.3 is 12.0 Å². The second-order valence-electron chi connectivity index (χ2n) is 28.2. The summed E-state index contributed by atoms with van der Waals surface area (Å²) in [6.07, 6.45) is 0. The van der Waals surface area contributed by atoms with Crippen LogP contribution in [0, 0.1) is 0 Å². The Hall–Kier alpha value is -13.7. The lowest BCUT2D eigenvalue weighted by atomic mass is 9.80. The standard InChI is InChI=1S/2C41H31N7O16S4/c1-3-42-39-45-40(47-41(46-39)62-21-11-13-22(14-12-21)66(53,54)55)44-27-18-28(31(68(59,60)61)19-30(27)65-64-63-52)43-26-15-16-29-34-32(24-9-4-5-10-25(24)37(50)33(26)34)35(38(51)48(29)2)36(49)20-7-6-8-23(17-20)67(56,57)58;1-3-42-39-45-40(47-41(46-39)58-21-11-13-22(14-12-21)65-62-59-52)44-28-18-27(30(67-64-61-54)19-31(28)68(55,56)57)43-26-15-16-29-34-32(24-9-4-5-10-25(24)37(50)33(26)34)35(38(51)48(29)2)36(49)20-7-6-8-23(17-20)66-63-60-53/h4-19,43,52H,3H2,1-2H3,(H,53,54,55)(H,56,57,58)(H,59,60,61)(H2,42,44,45,46,47);4-19,43,52-54H,3H2,1-2H3,(H,55,56,57)(H2,42,44,45,46,47). The van der Waals surface area contributed by atoms with Gasteiger partial charge in [0.05, 0.1) is 135 Å². The highest BCUT2D eigenvalue weighted by molar-refractivity contribution is 7.95. The number of fused-ring (bicyclic) bond motifs is 4. The van der Waals surface area contributed by atoms with Crippen molar-refractivity contribution in [3.8, 4) is 45.8 Å². The molecule has 4 aromatic heterocycles. The normalized spacial score (nSPS) is 12.2. The molecule has 0 fully saturated rings. The number of rotatable bonds is 36. The van der Waals surface area contributed by atoms with E-state index in [0.29, 0.717) is 52.5 Å². The van der Waals surface area contributed by atoms with Gasteiger partial charge in [-0.05, 0) is 146 Å². The number of nitrogens with one attached hydrogen (secondary N) is 6. The van der Waals surface area contributed by atoms with Gasteiger partial charge in [-0.1, -0.05) is 92.9 Å². The van der Waals surface area contributed by atoms with E-state index in [2.05, 4.69) is 95.0 Å². The fourth-order valence-corrected chi connectivity index (χ4v) is 18.6. The average Bonchev–Trinajstić information content (AvgIpc) is 0.708. The van der Waals surface area contributed by atoms with Gasteiger partial charge in [-0.3, -0.25) is 47.0 Å². The second-order valence-corrected chi connectivity index (χ2v) is 36.8. The Bertz CT molecular complexity index is 7850. The van der Waals surface area contributed by atoms with E-state index in [9.17, 15) is 80.6 Å². The zero-order valence-electron chi connectivity index (χ0n) is 69.1. The molecule has 0 saturated heterocycles. The van der Waals surface area contributed by atoms with E-state index < -0.39 is 106 Å². The Kier molecular flexibility index (Phi) is 28.8. The maximum Gasteiger partial charge on any atom is 0.328 e. The van der Waals surface area contributed by atoms with Gasteiger partial charge in [0.1, 0.15) is 21.3 Å². The van der Waals surface area contributed by atoms with E-state index in [1.54, 1.807) is 74.5 Å². The molecule has 700 valence electrons. The van der Waals surface area contributed by atoms with Crippen molar-refractivity contribution in [2.45, 2.75) is 53.0 Å². The van der Waals surface area contributed by atoms with Gasteiger partial charge < -0.3 is 50.5 Å². The number of pyridine rings is 2. The molecule has 0 atom stereocenters. The molecule has 4 heterocycles. The quantitative estimate of drug-likeness (QED) is 0.00570. The summed E-state index contributed by atoms with van der Waals surface area (Å²) < 4.78 is 172. The highest BCUT2D eigenvalue weighted by Gasteiger charge is 2.38. The van der Waals surface area contributed by atoms with Crippen molar-refractivity contribution < 1.29 is 139 Å². The lowest BCUT2D eigenvalue weighted by Gasteiger charge is -2.26. The van der Waals surface area contributed by atoms with Crippen LogP contribution in [-0.2, 0) is 92.1 Å². The molecule has 2 aliphatic rings. The highest BCUT2D eigenvalue weighted by atomic mass is 32.2.